The molecule has 0 aliphatic rings. The third-order valence-electron chi connectivity index (χ3n) is 1.76. The minimum atomic E-state index is 0.734. The Labute approximate surface area is 76.1 Å². The quantitative estimate of drug-likeness (QED) is 0.749. The monoisotopic (exact) mass is 174 g/mol. The van der Waals surface area contributed by atoms with E-state index < -0.39 is 0 Å². The van der Waals surface area contributed by atoms with E-state index in [0.29, 0.717) is 0 Å². The van der Waals surface area contributed by atoms with Gasteiger partial charge >= 0.3 is 0 Å². The number of pyridine rings is 1. The van der Waals surface area contributed by atoms with Crippen molar-refractivity contribution in [3.63, 3.8) is 0 Å². The van der Waals surface area contributed by atoms with Gasteiger partial charge in [-0.2, -0.15) is 5.10 Å². The van der Waals surface area contributed by atoms with Gasteiger partial charge in [-0.05, 0) is 12.1 Å². The van der Waals surface area contributed by atoms with Crippen LogP contribution < -0.4 is 0 Å². The summed E-state index contributed by atoms with van der Waals surface area (Å²) < 4.78 is 0. The van der Waals surface area contributed by atoms with Gasteiger partial charge in [-0.3, -0.25) is 10.1 Å². The zero-order chi connectivity index (χ0) is 9.10. The van der Waals surface area contributed by atoms with E-state index in [2.05, 4.69) is 20.2 Å². The first-order valence-corrected chi connectivity index (χ1v) is 4.23. The molecule has 0 saturated carbocycles. The molecular formula is C9H10N4. The van der Waals surface area contributed by atoms with Gasteiger partial charge in [0.2, 0.25) is 0 Å². The Morgan fingerprint density at radius 3 is 2.92 bits per heavy atom. The van der Waals surface area contributed by atoms with Gasteiger partial charge in [0, 0.05) is 12.6 Å². The molecule has 66 valence electrons. The number of nitrogens with zero attached hydrogens (tertiary/aromatic N) is 3. The van der Waals surface area contributed by atoms with Gasteiger partial charge in [0.05, 0.1) is 0 Å². The summed E-state index contributed by atoms with van der Waals surface area (Å²) in [7, 11) is 0. The molecule has 0 bridgehead atoms. The number of hydrogen-bond acceptors (Lipinski definition) is 3. The molecule has 2 heterocycles. The Bertz CT molecular complexity index is 380. The van der Waals surface area contributed by atoms with Crippen molar-refractivity contribution >= 4 is 0 Å². The van der Waals surface area contributed by atoms with Crippen molar-refractivity contribution in [2.75, 3.05) is 0 Å². The van der Waals surface area contributed by atoms with Crippen LogP contribution in [0.15, 0.2) is 24.4 Å². The molecule has 4 nitrogen and oxygen atoms in total. The minimum Gasteiger partial charge on any atom is -0.258 e. The van der Waals surface area contributed by atoms with Crippen LogP contribution in [0, 0.1) is 0 Å². The van der Waals surface area contributed by atoms with Crippen molar-refractivity contribution in [2.45, 2.75) is 13.3 Å². The van der Waals surface area contributed by atoms with Gasteiger partial charge in [0.25, 0.3) is 0 Å². The minimum absolute atomic E-state index is 0.734. The third kappa shape index (κ3) is 1.56. The van der Waals surface area contributed by atoms with Crippen LogP contribution in [-0.4, -0.2) is 20.2 Å². The average Bonchev–Trinajstić information content (AvgIpc) is 2.67. The van der Waals surface area contributed by atoms with Crippen molar-refractivity contribution in [2.24, 2.45) is 0 Å². The molecule has 0 radical (unpaired) electrons. The van der Waals surface area contributed by atoms with Crippen LogP contribution in [0.5, 0.6) is 0 Å². The Kier molecular flexibility index (Phi) is 2.04. The van der Waals surface area contributed by atoms with Gasteiger partial charge < -0.3 is 0 Å². The zero-order valence-corrected chi connectivity index (χ0v) is 7.36. The fourth-order valence-corrected chi connectivity index (χ4v) is 1.07. The summed E-state index contributed by atoms with van der Waals surface area (Å²) in [6, 6.07) is 5.71. The maximum atomic E-state index is 4.27. The molecule has 0 saturated heterocycles. The molecule has 13 heavy (non-hydrogen) atoms. The lowest BCUT2D eigenvalue weighted by atomic mass is 10.3. The smallest absolute Gasteiger partial charge is 0.174 e. The Balaban J connectivity index is 2.36. The highest BCUT2D eigenvalue weighted by Gasteiger charge is 2.03. The standard InChI is InChI=1S/C9H10N4/c1-2-8-11-9(13-12-8)7-5-3-4-6-10-7/h3-6H,2H2,1H3,(H,11,12,13). The van der Waals surface area contributed by atoms with Gasteiger partial charge in [0.1, 0.15) is 5.69 Å². The van der Waals surface area contributed by atoms with E-state index in [1.54, 1.807) is 6.20 Å². The van der Waals surface area contributed by atoms with E-state index in [-0.39, 0.29) is 0 Å². The van der Waals surface area contributed by atoms with Crippen LogP contribution in [0.3, 0.4) is 0 Å². The average molecular weight is 174 g/mol. The summed E-state index contributed by atoms with van der Waals surface area (Å²) in [4.78, 5) is 8.43. The third-order valence-corrected chi connectivity index (χ3v) is 1.76. The maximum absolute atomic E-state index is 4.27. The van der Waals surface area contributed by atoms with Gasteiger partial charge in [-0.25, -0.2) is 4.98 Å². The largest absolute Gasteiger partial charge is 0.258 e. The van der Waals surface area contributed by atoms with Crippen LogP contribution >= 0.6 is 0 Å². The highest BCUT2D eigenvalue weighted by Crippen LogP contribution is 2.09. The van der Waals surface area contributed by atoms with Crippen molar-refractivity contribution in [3.05, 3.63) is 30.2 Å². The fraction of sp³-hybridized carbons (Fsp3) is 0.222. The summed E-state index contributed by atoms with van der Waals surface area (Å²) in [6.45, 7) is 2.02. The van der Waals surface area contributed by atoms with Crippen LogP contribution in [-0.2, 0) is 6.42 Å². The molecular weight excluding hydrogens is 164 g/mol. The Morgan fingerprint density at radius 1 is 1.38 bits per heavy atom. The maximum Gasteiger partial charge on any atom is 0.174 e. The lowest BCUT2D eigenvalue weighted by molar-refractivity contribution is 0.946. The summed E-state index contributed by atoms with van der Waals surface area (Å²) >= 11 is 0. The fourth-order valence-electron chi connectivity index (χ4n) is 1.07. The molecule has 0 amide bonds. The number of aromatic amines is 1. The highest BCUT2D eigenvalue weighted by molar-refractivity contribution is 5.47. The topological polar surface area (TPSA) is 54.5 Å². The van der Waals surface area contributed by atoms with Crippen molar-refractivity contribution in [1.29, 1.82) is 0 Å². The lowest BCUT2D eigenvalue weighted by Gasteiger charge is -1.91. The van der Waals surface area contributed by atoms with Crippen LogP contribution in [0.1, 0.15) is 12.7 Å². The van der Waals surface area contributed by atoms with Gasteiger partial charge in [-0.1, -0.05) is 13.0 Å². The number of aromatic nitrogens is 4. The zero-order valence-electron chi connectivity index (χ0n) is 7.36. The molecule has 0 atom stereocenters. The molecule has 2 aromatic rings. The van der Waals surface area contributed by atoms with Crippen molar-refractivity contribution in [3.8, 4) is 11.5 Å². The van der Waals surface area contributed by atoms with Crippen LogP contribution in [0.25, 0.3) is 11.5 Å². The Morgan fingerprint density at radius 2 is 2.31 bits per heavy atom. The van der Waals surface area contributed by atoms with Crippen LogP contribution in [0.4, 0.5) is 0 Å². The van der Waals surface area contributed by atoms with E-state index in [4.69, 9.17) is 0 Å². The lowest BCUT2D eigenvalue weighted by Crippen LogP contribution is -1.84. The Hall–Kier alpha value is -1.71. The molecule has 2 aromatic heterocycles. The summed E-state index contributed by atoms with van der Waals surface area (Å²) in [5, 5.41) is 6.88. The molecule has 0 aromatic carbocycles. The second-order valence-electron chi connectivity index (χ2n) is 2.67. The first-order valence-electron chi connectivity index (χ1n) is 4.23. The molecule has 0 aliphatic heterocycles. The van der Waals surface area contributed by atoms with Gasteiger partial charge in [-0.15, -0.1) is 0 Å². The van der Waals surface area contributed by atoms with E-state index >= 15 is 0 Å². The van der Waals surface area contributed by atoms with Crippen molar-refractivity contribution in [1.82, 2.24) is 20.2 Å². The normalized spacial score (nSPS) is 10.2. The van der Waals surface area contributed by atoms with Gasteiger partial charge in [0.15, 0.2) is 11.6 Å². The summed E-state index contributed by atoms with van der Waals surface area (Å²) in [5.41, 5.74) is 0.828. The first kappa shape index (κ1) is 7.91. The highest BCUT2D eigenvalue weighted by atomic mass is 15.2. The number of aryl methyl sites for hydroxylation is 1. The second-order valence-corrected chi connectivity index (χ2v) is 2.67. The molecule has 0 aliphatic carbocycles. The number of hydrogen-bond donors (Lipinski definition) is 1. The predicted octanol–water partition coefficient (Wildman–Crippen LogP) is 1.43. The number of H-pyrrole nitrogens is 1. The van der Waals surface area contributed by atoms with E-state index in [9.17, 15) is 0 Å². The number of rotatable bonds is 2. The van der Waals surface area contributed by atoms with Crippen LogP contribution in [0.2, 0.25) is 0 Å². The van der Waals surface area contributed by atoms with Crippen molar-refractivity contribution < 1.29 is 0 Å². The summed E-state index contributed by atoms with van der Waals surface area (Å²) in [6.07, 6.45) is 2.58. The predicted molar refractivity (Wildman–Crippen MR) is 49.0 cm³/mol. The SMILES string of the molecule is CCc1n[nH]c(-c2ccccn2)n1. The molecule has 2 rings (SSSR count). The van der Waals surface area contributed by atoms with E-state index in [0.717, 1.165) is 23.8 Å². The molecule has 0 spiro atoms. The summed E-state index contributed by atoms with van der Waals surface area (Å²) in [5.74, 6) is 1.55. The van der Waals surface area contributed by atoms with E-state index in [1.807, 2.05) is 25.1 Å². The van der Waals surface area contributed by atoms with E-state index in [1.165, 1.54) is 0 Å². The molecule has 1 N–H and O–H groups in total. The molecule has 4 heteroatoms. The molecule has 0 unspecified atom stereocenters. The second kappa shape index (κ2) is 3.35. The number of nitrogens with one attached hydrogen (secondary N) is 1. The molecule has 0 fully saturated rings. The first-order chi connectivity index (χ1) is 6.40.